The van der Waals surface area contributed by atoms with E-state index in [4.69, 9.17) is 0 Å². The molecule has 0 bridgehead atoms. The fraction of sp³-hybridized carbons (Fsp3) is 0.700. The lowest BCUT2D eigenvalue weighted by molar-refractivity contribution is 0.157. The summed E-state index contributed by atoms with van der Waals surface area (Å²) in [6.07, 6.45) is 3.79. The highest BCUT2D eigenvalue weighted by molar-refractivity contribution is 5.49. The molecule has 118 valence electrons. The largest absolute Gasteiger partial charge is 0.312 e. The summed E-state index contributed by atoms with van der Waals surface area (Å²) < 4.78 is 0. The van der Waals surface area contributed by atoms with Gasteiger partial charge in [-0.1, -0.05) is 6.92 Å². The van der Waals surface area contributed by atoms with Crippen LogP contribution in [0.25, 0.3) is 0 Å². The van der Waals surface area contributed by atoms with Gasteiger partial charge >= 0.3 is 0 Å². The monoisotopic (exact) mass is 287 g/mol. The molecule has 21 heavy (non-hydrogen) atoms. The maximum Gasteiger partial charge on any atom is 0.00465 e. The number of nitrogens with one attached hydrogen (secondary N) is 1. The third kappa shape index (κ3) is 3.18. The molecule has 1 aliphatic rings. The first-order valence-corrected chi connectivity index (χ1v) is 8.46. The molecule has 1 heterocycles. The summed E-state index contributed by atoms with van der Waals surface area (Å²) in [5, 5.41) is 3.68. The Balaban J connectivity index is 2.40. The van der Waals surface area contributed by atoms with Crippen molar-refractivity contribution >= 4 is 0 Å². The number of hydrogen-bond acceptors (Lipinski definition) is 1. The lowest BCUT2D eigenvalue weighted by Crippen LogP contribution is -2.47. The first-order chi connectivity index (χ1) is 9.64. The summed E-state index contributed by atoms with van der Waals surface area (Å²) >= 11 is 0. The number of rotatable bonds is 2. The Morgan fingerprint density at radius 3 is 1.62 bits per heavy atom. The summed E-state index contributed by atoms with van der Waals surface area (Å²) in [7, 11) is 0. The van der Waals surface area contributed by atoms with Gasteiger partial charge in [-0.15, -0.1) is 0 Å². The van der Waals surface area contributed by atoms with Crippen molar-refractivity contribution < 1.29 is 0 Å². The van der Waals surface area contributed by atoms with Gasteiger partial charge < -0.3 is 5.32 Å². The molecule has 1 aromatic carbocycles. The van der Waals surface area contributed by atoms with Crippen molar-refractivity contribution in [3.05, 3.63) is 33.4 Å². The summed E-state index contributed by atoms with van der Waals surface area (Å²) in [6.45, 7) is 18.6. The molecule has 2 unspecified atom stereocenters. The predicted octanol–water partition coefficient (Wildman–Crippen LogP) is 4.94. The molecule has 0 aromatic heterocycles. The quantitative estimate of drug-likeness (QED) is 0.812. The standard InChI is InChI=1S/C20H33N/c1-12-9-20(8,10-13(2)21-12)11-19-17(6)15(4)14(3)16(5)18(19)7/h12-13,21H,9-11H2,1-8H3. The molecule has 2 atom stereocenters. The summed E-state index contributed by atoms with van der Waals surface area (Å²) in [6, 6.07) is 1.26. The zero-order chi connectivity index (χ0) is 15.9. The number of hydrogen-bond donors (Lipinski definition) is 1. The van der Waals surface area contributed by atoms with Gasteiger partial charge in [0.15, 0.2) is 0 Å². The van der Waals surface area contributed by atoms with Crippen LogP contribution >= 0.6 is 0 Å². The molecule has 1 fully saturated rings. The third-order valence-corrected chi connectivity index (χ3v) is 5.93. The normalized spacial score (nSPS) is 29.7. The van der Waals surface area contributed by atoms with E-state index >= 15 is 0 Å². The lowest BCUT2D eigenvalue weighted by Gasteiger charge is -2.42. The maximum absolute atomic E-state index is 3.68. The fourth-order valence-electron chi connectivity index (χ4n) is 4.58. The van der Waals surface area contributed by atoms with E-state index in [9.17, 15) is 0 Å². The van der Waals surface area contributed by atoms with Crippen molar-refractivity contribution in [2.45, 2.75) is 86.7 Å². The Kier molecular flexibility index (Phi) is 4.54. The maximum atomic E-state index is 3.68. The molecule has 1 N–H and O–H groups in total. The van der Waals surface area contributed by atoms with Crippen LogP contribution < -0.4 is 5.32 Å². The number of benzene rings is 1. The van der Waals surface area contributed by atoms with Gasteiger partial charge in [0, 0.05) is 12.1 Å². The summed E-state index contributed by atoms with van der Waals surface area (Å²) in [5.41, 5.74) is 9.54. The van der Waals surface area contributed by atoms with E-state index in [1.54, 1.807) is 5.56 Å². The molecule has 1 heteroatoms. The highest BCUT2D eigenvalue weighted by Gasteiger charge is 2.34. The lowest BCUT2D eigenvalue weighted by atomic mass is 9.70. The Morgan fingerprint density at radius 2 is 1.19 bits per heavy atom. The molecule has 0 amide bonds. The van der Waals surface area contributed by atoms with Crippen LogP contribution in [0.1, 0.15) is 67.0 Å². The minimum atomic E-state index is 0.424. The Hall–Kier alpha value is -0.820. The molecule has 2 rings (SSSR count). The molecule has 0 spiro atoms. The third-order valence-electron chi connectivity index (χ3n) is 5.93. The minimum Gasteiger partial charge on any atom is -0.312 e. The highest BCUT2D eigenvalue weighted by Crippen LogP contribution is 2.39. The molecule has 1 nitrogen and oxygen atoms in total. The smallest absolute Gasteiger partial charge is 0.00465 e. The van der Waals surface area contributed by atoms with Crippen molar-refractivity contribution in [3.8, 4) is 0 Å². The average molecular weight is 287 g/mol. The zero-order valence-corrected chi connectivity index (χ0v) is 15.3. The van der Waals surface area contributed by atoms with Crippen molar-refractivity contribution in [2.75, 3.05) is 0 Å². The second kappa shape index (κ2) is 5.76. The molecular weight excluding hydrogens is 254 g/mol. The van der Waals surface area contributed by atoms with Crippen molar-refractivity contribution in [2.24, 2.45) is 5.41 Å². The Bertz CT molecular complexity index is 502. The predicted molar refractivity (Wildman–Crippen MR) is 93.2 cm³/mol. The number of piperidine rings is 1. The van der Waals surface area contributed by atoms with E-state index in [-0.39, 0.29) is 0 Å². The van der Waals surface area contributed by atoms with E-state index in [2.05, 4.69) is 60.7 Å². The summed E-state index contributed by atoms with van der Waals surface area (Å²) in [4.78, 5) is 0. The molecule has 1 saturated heterocycles. The van der Waals surface area contributed by atoms with Crippen LogP contribution in [-0.2, 0) is 6.42 Å². The van der Waals surface area contributed by atoms with Gasteiger partial charge in [-0.25, -0.2) is 0 Å². The van der Waals surface area contributed by atoms with Crippen LogP contribution in [0.2, 0.25) is 0 Å². The average Bonchev–Trinajstić information content (AvgIpc) is 2.37. The molecule has 1 aromatic rings. The highest BCUT2D eigenvalue weighted by atomic mass is 15.0. The van der Waals surface area contributed by atoms with E-state index in [1.165, 1.54) is 47.1 Å². The van der Waals surface area contributed by atoms with Gasteiger partial charge in [-0.05, 0) is 107 Å². The first-order valence-electron chi connectivity index (χ1n) is 8.46. The van der Waals surface area contributed by atoms with Gasteiger partial charge in [0.25, 0.3) is 0 Å². The van der Waals surface area contributed by atoms with E-state index < -0.39 is 0 Å². The topological polar surface area (TPSA) is 12.0 Å². The van der Waals surface area contributed by atoms with Gasteiger partial charge in [-0.2, -0.15) is 0 Å². The molecule has 0 radical (unpaired) electrons. The van der Waals surface area contributed by atoms with Crippen LogP contribution in [0.5, 0.6) is 0 Å². The van der Waals surface area contributed by atoms with Gasteiger partial charge in [0.2, 0.25) is 0 Å². The van der Waals surface area contributed by atoms with Crippen LogP contribution in [0.15, 0.2) is 0 Å². The Labute approximate surface area is 131 Å². The molecule has 0 aliphatic carbocycles. The van der Waals surface area contributed by atoms with E-state index in [0.29, 0.717) is 17.5 Å². The van der Waals surface area contributed by atoms with Gasteiger partial charge in [-0.3, -0.25) is 0 Å². The summed E-state index contributed by atoms with van der Waals surface area (Å²) in [5.74, 6) is 0. The van der Waals surface area contributed by atoms with E-state index in [1.807, 2.05) is 0 Å². The fourth-order valence-corrected chi connectivity index (χ4v) is 4.58. The van der Waals surface area contributed by atoms with E-state index in [0.717, 1.165) is 0 Å². The SMILES string of the molecule is Cc1c(C)c(C)c(CC2(C)CC(C)NC(C)C2)c(C)c1C. The molecular formula is C20H33N. The van der Waals surface area contributed by atoms with Crippen LogP contribution in [-0.4, -0.2) is 12.1 Å². The Morgan fingerprint density at radius 1 is 0.810 bits per heavy atom. The van der Waals surface area contributed by atoms with Crippen molar-refractivity contribution in [1.82, 2.24) is 5.32 Å². The molecule has 1 aliphatic heterocycles. The minimum absolute atomic E-state index is 0.424. The second-order valence-electron chi connectivity index (χ2n) is 7.97. The van der Waals surface area contributed by atoms with Crippen LogP contribution in [0, 0.1) is 40.0 Å². The zero-order valence-electron chi connectivity index (χ0n) is 15.3. The van der Waals surface area contributed by atoms with Crippen molar-refractivity contribution in [3.63, 3.8) is 0 Å². The second-order valence-corrected chi connectivity index (χ2v) is 7.97. The molecule has 0 saturated carbocycles. The van der Waals surface area contributed by atoms with Crippen LogP contribution in [0.3, 0.4) is 0 Å². The first kappa shape index (κ1) is 16.5. The van der Waals surface area contributed by atoms with Gasteiger partial charge in [0.1, 0.15) is 0 Å². The van der Waals surface area contributed by atoms with Crippen molar-refractivity contribution in [1.29, 1.82) is 0 Å². The van der Waals surface area contributed by atoms with Gasteiger partial charge in [0.05, 0.1) is 0 Å². The van der Waals surface area contributed by atoms with Crippen LogP contribution in [0.4, 0.5) is 0 Å².